The molecule has 1 aromatic carbocycles. The summed E-state index contributed by atoms with van der Waals surface area (Å²) >= 11 is 0. The van der Waals surface area contributed by atoms with Crippen LogP contribution in [0.3, 0.4) is 0 Å². The minimum atomic E-state index is -0.127. The number of aromatic nitrogens is 4. The maximum Gasteiger partial charge on any atom is 0.252 e. The summed E-state index contributed by atoms with van der Waals surface area (Å²) in [4.78, 5) is 23.7. The highest BCUT2D eigenvalue weighted by molar-refractivity contribution is 5.91. The molecular formula is C24H32N6O. The van der Waals surface area contributed by atoms with Gasteiger partial charge >= 0.3 is 0 Å². The fourth-order valence-corrected chi connectivity index (χ4v) is 4.57. The van der Waals surface area contributed by atoms with Crippen molar-refractivity contribution in [3.8, 4) is 0 Å². The highest BCUT2D eigenvalue weighted by Gasteiger charge is 2.23. The molecule has 0 aliphatic carbocycles. The van der Waals surface area contributed by atoms with Crippen LogP contribution in [0, 0.1) is 25.7 Å². The van der Waals surface area contributed by atoms with Gasteiger partial charge in [-0.1, -0.05) is 19.1 Å². The third kappa shape index (κ3) is 5.28. The zero-order valence-electron chi connectivity index (χ0n) is 18.9. The molecule has 0 radical (unpaired) electrons. The molecule has 1 aliphatic rings. The topological polar surface area (TPSA) is 75.4 Å². The number of nitrogens with zero attached hydrogens (tertiary/aromatic N) is 5. The number of piperidine rings is 1. The first-order valence-corrected chi connectivity index (χ1v) is 11.1. The summed E-state index contributed by atoms with van der Waals surface area (Å²) < 4.78 is 1.68. The van der Waals surface area contributed by atoms with Crippen molar-refractivity contribution >= 4 is 17.4 Å². The number of amides is 1. The van der Waals surface area contributed by atoms with Crippen LogP contribution in [0.1, 0.15) is 42.5 Å². The predicted molar refractivity (Wildman–Crippen MR) is 122 cm³/mol. The molecule has 0 unspecified atom stereocenters. The van der Waals surface area contributed by atoms with Gasteiger partial charge in [0, 0.05) is 23.6 Å². The number of nitrogens with one attached hydrogen (secondary N) is 1. The fourth-order valence-electron chi connectivity index (χ4n) is 4.57. The molecular weight excluding hydrogens is 388 g/mol. The molecule has 0 saturated carbocycles. The molecule has 2 atom stereocenters. The van der Waals surface area contributed by atoms with Crippen molar-refractivity contribution in [3.05, 3.63) is 53.1 Å². The van der Waals surface area contributed by atoms with E-state index >= 15 is 0 Å². The Morgan fingerprint density at radius 3 is 2.71 bits per heavy atom. The van der Waals surface area contributed by atoms with Gasteiger partial charge in [-0.25, -0.2) is 9.50 Å². The molecule has 1 amide bonds. The van der Waals surface area contributed by atoms with Crippen molar-refractivity contribution < 1.29 is 4.79 Å². The Morgan fingerprint density at radius 1 is 1.19 bits per heavy atom. The molecule has 4 rings (SSSR count). The molecule has 7 nitrogen and oxygen atoms in total. The van der Waals surface area contributed by atoms with E-state index < -0.39 is 0 Å². The van der Waals surface area contributed by atoms with Crippen molar-refractivity contribution in [2.45, 2.75) is 46.5 Å². The van der Waals surface area contributed by atoms with E-state index in [2.05, 4.69) is 51.4 Å². The maximum absolute atomic E-state index is 12.5. The number of anilines is 1. The minimum Gasteiger partial charge on any atom is -0.326 e. The number of rotatable bonds is 6. The SMILES string of the molecule is Cc1cc(C)n2nc(CC(=O)Nc3ccc(CC[C@@H]4CCN(C)C[C@@H]4C)cc3)nc2n1. The maximum atomic E-state index is 12.5. The summed E-state index contributed by atoms with van der Waals surface area (Å²) in [5.41, 5.74) is 3.96. The lowest BCUT2D eigenvalue weighted by Crippen LogP contribution is -2.36. The number of hydrogen-bond donors (Lipinski definition) is 1. The minimum absolute atomic E-state index is 0.123. The Bertz CT molecular complexity index is 1060. The molecule has 1 N–H and O–H groups in total. The first-order chi connectivity index (χ1) is 14.9. The molecule has 0 spiro atoms. The van der Waals surface area contributed by atoms with Crippen LogP contribution in [-0.2, 0) is 17.6 Å². The first kappa shape index (κ1) is 21.4. The molecule has 31 heavy (non-hydrogen) atoms. The van der Waals surface area contributed by atoms with E-state index in [9.17, 15) is 4.79 Å². The number of likely N-dealkylation sites (tertiary alicyclic amines) is 1. The molecule has 164 valence electrons. The van der Waals surface area contributed by atoms with Gasteiger partial charge in [0.05, 0.1) is 6.42 Å². The van der Waals surface area contributed by atoms with Crippen LogP contribution < -0.4 is 5.32 Å². The molecule has 1 fully saturated rings. The summed E-state index contributed by atoms with van der Waals surface area (Å²) in [7, 11) is 2.21. The average molecular weight is 421 g/mol. The quantitative estimate of drug-likeness (QED) is 0.661. The van der Waals surface area contributed by atoms with E-state index in [1.54, 1.807) is 4.52 Å². The molecule has 3 heterocycles. The normalized spacial score (nSPS) is 19.6. The number of benzene rings is 1. The lowest BCUT2D eigenvalue weighted by molar-refractivity contribution is -0.115. The number of hydrogen-bond acceptors (Lipinski definition) is 5. The average Bonchev–Trinajstić information content (AvgIpc) is 3.11. The molecule has 3 aromatic rings. The van der Waals surface area contributed by atoms with E-state index in [0.717, 1.165) is 35.3 Å². The van der Waals surface area contributed by atoms with Crippen molar-refractivity contribution in [1.29, 1.82) is 0 Å². The van der Waals surface area contributed by atoms with Gasteiger partial charge in [-0.15, -0.1) is 5.10 Å². The number of carbonyl (C=O) groups excluding carboxylic acids is 1. The molecule has 0 bridgehead atoms. The van der Waals surface area contributed by atoms with Crippen molar-refractivity contribution in [2.24, 2.45) is 11.8 Å². The molecule has 2 aromatic heterocycles. The smallest absolute Gasteiger partial charge is 0.252 e. The number of fused-ring (bicyclic) bond motifs is 1. The predicted octanol–water partition coefficient (Wildman–Crippen LogP) is 3.44. The van der Waals surface area contributed by atoms with Crippen LogP contribution in [0.25, 0.3) is 5.78 Å². The number of aryl methyl sites for hydroxylation is 3. The van der Waals surface area contributed by atoms with Gasteiger partial charge in [0.15, 0.2) is 5.82 Å². The second kappa shape index (κ2) is 9.14. The summed E-state index contributed by atoms with van der Waals surface area (Å²) in [6.45, 7) is 8.65. The van der Waals surface area contributed by atoms with E-state index in [1.807, 2.05) is 32.0 Å². The van der Waals surface area contributed by atoms with Crippen LogP contribution in [0.4, 0.5) is 5.69 Å². The van der Waals surface area contributed by atoms with Gasteiger partial charge in [0.25, 0.3) is 5.78 Å². The van der Waals surface area contributed by atoms with Gasteiger partial charge in [-0.2, -0.15) is 4.98 Å². The van der Waals surface area contributed by atoms with E-state index in [0.29, 0.717) is 11.6 Å². The Balaban J connectivity index is 1.30. The van der Waals surface area contributed by atoms with E-state index in [-0.39, 0.29) is 12.3 Å². The first-order valence-electron chi connectivity index (χ1n) is 11.1. The second-order valence-electron chi connectivity index (χ2n) is 9.03. The van der Waals surface area contributed by atoms with Crippen molar-refractivity contribution in [3.63, 3.8) is 0 Å². The molecule has 1 aliphatic heterocycles. The summed E-state index contributed by atoms with van der Waals surface area (Å²) in [6, 6.07) is 10.2. The molecule has 7 heteroatoms. The van der Waals surface area contributed by atoms with Crippen LogP contribution >= 0.6 is 0 Å². The van der Waals surface area contributed by atoms with Gasteiger partial charge in [0.1, 0.15) is 0 Å². The Kier molecular flexibility index (Phi) is 6.32. The van der Waals surface area contributed by atoms with Crippen LogP contribution in [0.2, 0.25) is 0 Å². The third-order valence-corrected chi connectivity index (χ3v) is 6.31. The van der Waals surface area contributed by atoms with Gasteiger partial charge < -0.3 is 10.2 Å². The van der Waals surface area contributed by atoms with E-state index in [4.69, 9.17) is 0 Å². The zero-order chi connectivity index (χ0) is 22.0. The Labute approximate surface area is 183 Å². The lowest BCUT2D eigenvalue weighted by atomic mass is 9.83. The highest BCUT2D eigenvalue weighted by atomic mass is 16.1. The summed E-state index contributed by atoms with van der Waals surface area (Å²) in [5.74, 6) is 2.44. The highest BCUT2D eigenvalue weighted by Crippen LogP contribution is 2.27. The standard InChI is InChI=1S/C24H32N6O/c1-16-15-29(4)12-11-20(16)8-5-19-6-9-21(10-7-19)26-23(31)14-22-27-24-25-17(2)13-18(3)30(24)28-22/h6-7,9-10,13,16,20H,5,8,11-12,14-15H2,1-4H3,(H,26,31)/t16-,20+/m0/s1. The fraction of sp³-hybridized carbons (Fsp3) is 0.500. The second-order valence-corrected chi connectivity index (χ2v) is 9.03. The summed E-state index contributed by atoms with van der Waals surface area (Å²) in [5, 5.41) is 7.36. The Morgan fingerprint density at radius 2 is 1.97 bits per heavy atom. The van der Waals surface area contributed by atoms with Gasteiger partial charge in [0.2, 0.25) is 5.91 Å². The zero-order valence-corrected chi connectivity index (χ0v) is 18.9. The monoisotopic (exact) mass is 420 g/mol. The lowest BCUT2D eigenvalue weighted by Gasteiger charge is -2.34. The largest absolute Gasteiger partial charge is 0.326 e. The third-order valence-electron chi connectivity index (χ3n) is 6.31. The summed E-state index contributed by atoms with van der Waals surface area (Å²) in [6.07, 6.45) is 3.73. The molecule has 1 saturated heterocycles. The van der Waals surface area contributed by atoms with Crippen LogP contribution in [-0.4, -0.2) is 50.5 Å². The Hall–Kier alpha value is -2.80. The van der Waals surface area contributed by atoms with Crippen molar-refractivity contribution in [2.75, 3.05) is 25.5 Å². The van der Waals surface area contributed by atoms with Crippen LogP contribution in [0.15, 0.2) is 30.3 Å². The van der Waals surface area contributed by atoms with Crippen LogP contribution in [0.5, 0.6) is 0 Å². The number of carbonyl (C=O) groups is 1. The van der Waals surface area contributed by atoms with E-state index in [1.165, 1.54) is 31.5 Å². The van der Waals surface area contributed by atoms with Gasteiger partial charge in [-0.05, 0) is 82.3 Å². The van der Waals surface area contributed by atoms with Crippen molar-refractivity contribution in [1.82, 2.24) is 24.5 Å². The van der Waals surface area contributed by atoms with Gasteiger partial charge in [-0.3, -0.25) is 4.79 Å².